The lowest BCUT2D eigenvalue weighted by molar-refractivity contribution is 0.578. The van der Waals surface area contributed by atoms with Crippen LogP contribution >= 0.6 is 0 Å². The van der Waals surface area contributed by atoms with Crippen LogP contribution in [0.3, 0.4) is 0 Å². The van der Waals surface area contributed by atoms with E-state index in [0.29, 0.717) is 23.7 Å². The van der Waals surface area contributed by atoms with Crippen molar-refractivity contribution in [3.63, 3.8) is 0 Å². The summed E-state index contributed by atoms with van der Waals surface area (Å²) in [6, 6.07) is 16.6. The monoisotopic (exact) mass is 436 g/mol. The molecule has 31 heavy (non-hydrogen) atoms. The molecule has 0 aliphatic carbocycles. The number of pyridine rings is 1. The fraction of sp³-hybridized carbons (Fsp3) is 0.333. The zero-order chi connectivity index (χ0) is 21.8. The zero-order valence-corrected chi connectivity index (χ0v) is 18.6. The molecule has 0 saturated carbocycles. The van der Waals surface area contributed by atoms with Gasteiger partial charge in [0.05, 0.1) is 21.7 Å². The van der Waals surface area contributed by atoms with Gasteiger partial charge in [0.2, 0.25) is 0 Å². The van der Waals surface area contributed by atoms with E-state index in [1.165, 1.54) is 0 Å². The number of aromatic nitrogens is 3. The maximum atomic E-state index is 12.6. The number of unbranched alkanes of at least 4 members (excludes halogenated alkanes) is 2. The number of imidazole rings is 1. The van der Waals surface area contributed by atoms with E-state index in [2.05, 4.69) is 16.5 Å². The van der Waals surface area contributed by atoms with Gasteiger partial charge in [-0.3, -0.25) is 0 Å². The minimum absolute atomic E-state index is 0.137. The Balaban J connectivity index is 1.61. The second-order valence-corrected chi connectivity index (χ2v) is 9.94. The van der Waals surface area contributed by atoms with Crippen LogP contribution in [0.25, 0.3) is 21.9 Å². The molecule has 6 nitrogen and oxygen atoms in total. The summed E-state index contributed by atoms with van der Waals surface area (Å²) < 4.78 is 27.4. The molecule has 0 aliphatic heterocycles. The lowest BCUT2D eigenvalue weighted by Gasteiger charge is -2.11. The van der Waals surface area contributed by atoms with Crippen LogP contribution in [-0.4, -0.2) is 28.7 Å². The second-order valence-electron chi connectivity index (χ2n) is 7.83. The topological polar surface area (TPSA) is 90.9 Å². The molecule has 2 aromatic heterocycles. The van der Waals surface area contributed by atoms with Crippen molar-refractivity contribution in [2.75, 3.05) is 11.5 Å². The number of fused-ring (bicyclic) bond motifs is 3. The number of nitrogens with zero attached hydrogens (tertiary/aromatic N) is 3. The largest absolute Gasteiger partial charge is 0.382 e. The zero-order valence-electron chi connectivity index (χ0n) is 17.8. The molecule has 0 fully saturated rings. The van der Waals surface area contributed by atoms with E-state index in [-0.39, 0.29) is 5.75 Å². The van der Waals surface area contributed by atoms with Crippen LogP contribution in [0.4, 0.5) is 5.82 Å². The van der Waals surface area contributed by atoms with Gasteiger partial charge in [0.15, 0.2) is 15.7 Å². The van der Waals surface area contributed by atoms with Gasteiger partial charge >= 0.3 is 0 Å². The van der Waals surface area contributed by atoms with Gasteiger partial charge in [-0.1, -0.05) is 49.7 Å². The van der Waals surface area contributed by atoms with Gasteiger partial charge in [0, 0.05) is 18.4 Å². The van der Waals surface area contributed by atoms with Crippen LogP contribution in [0.2, 0.25) is 0 Å². The van der Waals surface area contributed by atoms with Crippen molar-refractivity contribution < 1.29 is 8.42 Å². The van der Waals surface area contributed by atoms with E-state index in [0.717, 1.165) is 53.4 Å². The Hall–Kier alpha value is -2.93. The van der Waals surface area contributed by atoms with E-state index >= 15 is 0 Å². The summed E-state index contributed by atoms with van der Waals surface area (Å²) in [7, 11) is -3.26. The Morgan fingerprint density at radius 2 is 1.68 bits per heavy atom. The van der Waals surface area contributed by atoms with E-state index < -0.39 is 9.84 Å². The lowest BCUT2D eigenvalue weighted by Crippen LogP contribution is -2.09. The number of hydrogen-bond donors (Lipinski definition) is 1. The number of nitrogens with two attached hydrogens (primary N) is 1. The van der Waals surface area contributed by atoms with Crippen LogP contribution in [0.15, 0.2) is 59.5 Å². The molecule has 0 spiro atoms. The summed E-state index contributed by atoms with van der Waals surface area (Å²) in [6.45, 7) is 2.86. The van der Waals surface area contributed by atoms with Crippen LogP contribution in [0.5, 0.6) is 0 Å². The average Bonchev–Trinajstić information content (AvgIpc) is 3.15. The fourth-order valence-corrected chi connectivity index (χ4v) is 5.37. The minimum atomic E-state index is -3.26. The first kappa shape index (κ1) is 21.3. The molecule has 2 aromatic carbocycles. The Bertz CT molecular complexity index is 1300. The molecular weight excluding hydrogens is 408 g/mol. The van der Waals surface area contributed by atoms with Crippen LogP contribution in [0.1, 0.15) is 38.4 Å². The Morgan fingerprint density at radius 3 is 2.45 bits per heavy atom. The maximum absolute atomic E-state index is 12.6. The number of aryl methyl sites for hydroxylation is 2. The molecule has 7 heteroatoms. The molecule has 162 valence electrons. The Labute approximate surface area is 183 Å². The molecule has 2 heterocycles. The molecular formula is C24H28N4O2S. The Kier molecular flexibility index (Phi) is 6.23. The van der Waals surface area contributed by atoms with Crippen molar-refractivity contribution in [1.82, 2.24) is 14.5 Å². The maximum Gasteiger partial charge on any atom is 0.178 e. The van der Waals surface area contributed by atoms with Crippen LogP contribution in [0, 0.1) is 0 Å². The first-order chi connectivity index (χ1) is 15.0. The molecule has 2 N–H and O–H groups in total. The highest BCUT2D eigenvalue weighted by molar-refractivity contribution is 7.91. The Morgan fingerprint density at radius 1 is 0.935 bits per heavy atom. The van der Waals surface area contributed by atoms with Gasteiger partial charge in [-0.2, -0.15) is 0 Å². The summed E-state index contributed by atoms with van der Waals surface area (Å²) >= 11 is 0. The number of anilines is 1. The van der Waals surface area contributed by atoms with Gasteiger partial charge in [0.25, 0.3) is 0 Å². The number of para-hydroxylation sites is 1. The summed E-state index contributed by atoms with van der Waals surface area (Å²) in [4.78, 5) is 9.74. The molecule has 4 aromatic rings. The third-order valence-electron chi connectivity index (χ3n) is 5.59. The standard InChI is InChI=1S/C24H28N4O2S/c1-2-3-15-21-27-22-23(19-13-7-8-14-20(19)26-24(22)25)28(21)16-9-10-17-31(29,30)18-11-5-4-6-12-18/h4-8,11-14H,2-3,9-10,15-17H2,1H3,(H2,25,26). The SMILES string of the molecule is CCCCc1nc2c(N)nc3ccccc3c2n1CCCCS(=O)(=O)c1ccccc1. The fourth-order valence-electron chi connectivity index (χ4n) is 3.98. The minimum Gasteiger partial charge on any atom is -0.382 e. The van der Waals surface area contributed by atoms with Gasteiger partial charge in [-0.15, -0.1) is 0 Å². The smallest absolute Gasteiger partial charge is 0.178 e. The quantitative estimate of drug-likeness (QED) is 0.382. The van der Waals surface area contributed by atoms with Gasteiger partial charge in [-0.05, 0) is 37.5 Å². The van der Waals surface area contributed by atoms with E-state index in [1.807, 2.05) is 30.3 Å². The molecule has 0 amide bonds. The summed E-state index contributed by atoms with van der Waals surface area (Å²) in [5.41, 5.74) is 8.83. The number of sulfone groups is 1. The van der Waals surface area contributed by atoms with Gasteiger partial charge in [-0.25, -0.2) is 18.4 Å². The highest BCUT2D eigenvalue weighted by Gasteiger charge is 2.18. The van der Waals surface area contributed by atoms with Crippen molar-refractivity contribution in [2.45, 2.75) is 50.5 Å². The predicted molar refractivity (Wildman–Crippen MR) is 126 cm³/mol. The van der Waals surface area contributed by atoms with Crippen molar-refractivity contribution >= 4 is 37.6 Å². The molecule has 0 bridgehead atoms. The highest BCUT2D eigenvalue weighted by Crippen LogP contribution is 2.29. The third-order valence-corrected chi connectivity index (χ3v) is 7.41. The molecule has 0 unspecified atom stereocenters. The highest BCUT2D eigenvalue weighted by atomic mass is 32.2. The van der Waals surface area contributed by atoms with Gasteiger partial charge in [0.1, 0.15) is 11.3 Å². The van der Waals surface area contributed by atoms with Gasteiger partial charge < -0.3 is 10.3 Å². The molecule has 4 rings (SSSR count). The van der Waals surface area contributed by atoms with Crippen LogP contribution < -0.4 is 5.73 Å². The first-order valence-corrected chi connectivity index (χ1v) is 12.5. The van der Waals surface area contributed by atoms with Crippen LogP contribution in [-0.2, 0) is 22.8 Å². The normalized spacial score (nSPS) is 12.0. The molecule has 0 aliphatic rings. The van der Waals surface area contributed by atoms with E-state index in [1.54, 1.807) is 24.3 Å². The summed E-state index contributed by atoms with van der Waals surface area (Å²) in [5.74, 6) is 1.57. The summed E-state index contributed by atoms with van der Waals surface area (Å²) in [6.07, 6.45) is 4.31. The van der Waals surface area contributed by atoms with E-state index in [4.69, 9.17) is 10.7 Å². The van der Waals surface area contributed by atoms with Crippen molar-refractivity contribution in [2.24, 2.45) is 0 Å². The van der Waals surface area contributed by atoms with E-state index in [9.17, 15) is 8.42 Å². The first-order valence-electron chi connectivity index (χ1n) is 10.8. The lowest BCUT2D eigenvalue weighted by atomic mass is 10.2. The number of benzene rings is 2. The molecule has 0 atom stereocenters. The number of nitrogen functional groups attached to an aromatic ring is 1. The van der Waals surface area contributed by atoms with Crippen molar-refractivity contribution in [3.05, 3.63) is 60.4 Å². The second kappa shape index (κ2) is 9.06. The average molecular weight is 437 g/mol. The molecule has 0 radical (unpaired) electrons. The van der Waals surface area contributed by atoms with Crippen molar-refractivity contribution in [3.8, 4) is 0 Å². The molecule has 0 saturated heterocycles. The third kappa shape index (κ3) is 4.42. The predicted octanol–water partition coefficient (Wildman–Crippen LogP) is 4.76. The number of rotatable bonds is 9. The summed E-state index contributed by atoms with van der Waals surface area (Å²) in [5, 5.41) is 1.03. The number of hydrogen-bond acceptors (Lipinski definition) is 5. The van der Waals surface area contributed by atoms with Crippen molar-refractivity contribution in [1.29, 1.82) is 0 Å².